The first-order valence-electron chi connectivity index (χ1n) is 3.92. The van der Waals surface area contributed by atoms with Gasteiger partial charge in [0.05, 0.1) is 12.2 Å². The van der Waals surface area contributed by atoms with Gasteiger partial charge in [-0.3, -0.25) is 0 Å². The van der Waals surface area contributed by atoms with Gasteiger partial charge in [0.1, 0.15) is 0 Å². The summed E-state index contributed by atoms with van der Waals surface area (Å²) in [6.45, 7) is 2.16. The summed E-state index contributed by atoms with van der Waals surface area (Å²) in [5, 5.41) is 18.0. The van der Waals surface area contributed by atoms with Gasteiger partial charge in [0.2, 0.25) is 0 Å². The lowest BCUT2D eigenvalue weighted by atomic mass is 10.0. The second-order valence-corrected chi connectivity index (χ2v) is 2.88. The predicted molar refractivity (Wildman–Crippen MR) is 41.4 cm³/mol. The van der Waals surface area contributed by atoms with Gasteiger partial charge in [-0.05, 0) is 0 Å². The summed E-state index contributed by atoms with van der Waals surface area (Å²) in [5.74, 6) is -3.65. The predicted octanol–water partition coefficient (Wildman–Crippen LogP) is -1.10. The molecule has 0 aromatic heterocycles. The highest BCUT2D eigenvalue weighted by Gasteiger charge is 2.33. The van der Waals surface area contributed by atoms with Crippen molar-refractivity contribution in [3.05, 3.63) is 0 Å². The largest absolute Gasteiger partial charge is 0.473 e. The molecule has 3 fully saturated rings. The van der Waals surface area contributed by atoms with Crippen LogP contribution in [0.5, 0.6) is 0 Å². The molecule has 2 bridgehead atoms. The second kappa shape index (κ2) is 4.20. The molecule has 13 heavy (non-hydrogen) atoms. The van der Waals surface area contributed by atoms with Crippen LogP contribution in [0, 0.1) is 0 Å². The van der Waals surface area contributed by atoms with Crippen molar-refractivity contribution in [1.29, 1.82) is 0 Å². The van der Waals surface area contributed by atoms with Gasteiger partial charge >= 0.3 is 11.9 Å². The number of carboxylic acids is 2. The van der Waals surface area contributed by atoms with Crippen molar-refractivity contribution in [3.8, 4) is 0 Å². The summed E-state index contributed by atoms with van der Waals surface area (Å²) in [6.07, 6.45) is 2.44. The molecule has 6 nitrogen and oxygen atoms in total. The first kappa shape index (κ1) is 9.94. The highest BCUT2D eigenvalue weighted by atomic mass is 16.5. The molecule has 3 saturated heterocycles. The van der Waals surface area contributed by atoms with Crippen LogP contribution in [0.15, 0.2) is 0 Å². The summed E-state index contributed by atoms with van der Waals surface area (Å²) < 4.78 is 5.31. The van der Waals surface area contributed by atoms with Crippen LogP contribution in [0.1, 0.15) is 6.42 Å². The van der Waals surface area contributed by atoms with Crippen LogP contribution >= 0.6 is 0 Å². The molecule has 3 N–H and O–H groups in total. The van der Waals surface area contributed by atoms with Gasteiger partial charge in [-0.25, -0.2) is 9.59 Å². The number of aliphatic carboxylic acids is 2. The zero-order valence-corrected chi connectivity index (χ0v) is 6.90. The number of fused-ring (bicyclic) bond motifs is 2. The minimum atomic E-state index is -1.82. The second-order valence-electron chi connectivity index (χ2n) is 2.88. The Bertz CT molecular complexity index is 185. The van der Waals surface area contributed by atoms with E-state index in [0.717, 1.165) is 13.1 Å². The third-order valence-corrected chi connectivity index (χ3v) is 1.84. The van der Waals surface area contributed by atoms with E-state index in [1.54, 1.807) is 0 Å². The van der Waals surface area contributed by atoms with Crippen molar-refractivity contribution in [2.75, 3.05) is 13.1 Å². The maximum atomic E-state index is 9.10. The molecule has 3 rings (SSSR count). The average Bonchev–Trinajstić information content (AvgIpc) is 2.05. The number of carbonyl (C=O) groups is 2. The highest BCUT2D eigenvalue weighted by molar-refractivity contribution is 6.27. The minimum Gasteiger partial charge on any atom is -0.473 e. The van der Waals surface area contributed by atoms with E-state index in [2.05, 4.69) is 5.32 Å². The van der Waals surface area contributed by atoms with E-state index in [0.29, 0.717) is 12.2 Å². The van der Waals surface area contributed by atoms with Crippen LogP contribution in [-0.4, -0.2) is 47.4 Å². The number of piperidine rings is 1. The number of ether oxygens (including phenoxy) is 1. The number of rotatable bonds is 0. The van der Waals surface area contributed by atoms with Gasteiger partial charge in [-0.1, -0.05) is 0 Å². The Hall–Kier alpha value is -1.14. The summed E-state index contributed by atoms with van der Waals surface area (Å²) >= 11 is 0. The normalized spacial score (nSPS) is 29.2. The maximum absolute atomic E-state index is 9.10. The Kier molecular flexibility index (Phi) is 3.21. The van der Waals surface area contributed by atoms with Crippen molar-refractivity contribution in [2.45, 2.75) is 18.6 Å². The van der Waals surface area contributed by atoms with Crippen LogP contribution in [0.25, 0.3) is 0 Å². The number of hydrogen-bond acceptors (Lipinski definition) is 4. The van der Waals surface area contributed by atoms with Gasteiger partial charge in [-0.2, -0.15) is 0 Å². The molecule has 0 radical (unpaired) electrons. The fraction of sp³-hybridized carbons (Fsp3) is 0.714. The van der Waals surface area contributed by atoms with E-state index in [1.807, 2.05) is 0 Å². The molecule has 0 spiro atoms. The Labute approximate surface area is 74.5 Å². The van der Waals surface area contributed by atoms with Gasteiger partial charge < -0.3 is 20.3 Å². The molecule has 3 aliphatic rings. The molecule has 0 unspecified atom stereocenters. The lowest BCUT2D eigenvalue weighted by Crippen LogP contribution is -2.55. The fourth-order valence-corrected chi connectivity index (χ4v) is 1.22. The van der Waals surface area contributed by atoms with Crippen molar-refractivity contribution in [1.82, 2.24) is 5.32 Å². The van der Waals surface area contributed by atoms with Gasteiger partial charge in [0.15, 0.2) is 0 Å². The van der Waals surface area contributed by atoms with E-state index in [1.165, 1.54) is 6.42 Å². The summed E-state index contributed by atoms with van der Waals surface area (Å²) in [7, 11) is 0. The third kappa shape index (κ3) is 3.00. The van der Waals surface area contributed by atoms with Gasteiger partial charge in [-0.15, -0.1) is 0 Å². The van der Waals surface area contributed by atoms with Gasteiger partial charge in [0, 0.05) is 19.5 Å². The molecular formula is C7H11NO5. The topological polar surface area (TPSA) is 95.9 Å². The van der Waals surface area contributed by atoms with Crippen LogP contribution < -0.4 is 5.32 Å². The minimum absolute atomic E-state index is 0.568. The van der Waals surface area contributed by atoms with Crippen LogP contribution in [0.3, 0.4) is 0 Å². The Morgan fingerprint density at radius 3 is 1.62 bits per heavy atom. The monoisotopic (exact) mass is 189 g/mol. The lowest BCUT2D eigenvalue weighted by molar-refractivity contribution is -0.159. The number of morpholine rings is 1. The van der Waals surface area contributed by atoms with E-state index in [9.17, 15) is 0 Å². The molecule has 3 heterocycles. The third-order valence-electron chi connectivity index (χ3n) is 1.84. The van der Waals surface area contributed by atoms with E-state index >= 15 is 0 Å². The maximum Gasteiger partial charge on any atom is 0.414 e. The number of carboxylic acid groups (broad SMARTS) is 2. The highest BCUT2D eigenvalue weighted by Crippen LogP contribution is 2.22. The van der Waals surface area contributed by atoms with Crippen molar-refractivity contribution < 1.29 is 24.5 Å². The lowest BCUT2D eigenvalue weighted by Gasteiger charge is -2.41. The molecular weight excluding hydrogens is 178 g/mol. The molecule has 2 atom stereocenters. The Morgan fingerprint density at radius 2 is 1.54 bits per heavy atom. The van der Waals surface area contributed by atoms with Crippen molar-refractivity contribution >= 4 is 11.9 Å². The standard InChI is InChI=1S/C5H9NO.C2H2O4/c1-4-2-6-3-5(1)7-4;3-1(4)2(5)6/h4-6H,1-3H2;(H,3,4)(H,5,6)/t4-,5+;. The fourth-order valence-electron chi connectivity index (χ4n) is 1.22. The number of nitrogens with one attached hydrogen (secondary N) is 1. The van der Waals surface area contributed by atoms with Crippen molar-refractivity contribution in [3.63, 3.8) is 0 Å². The molecule has 6 heteroatoms. The van der Waals surface area contributed by atoms with Crippen molar-refractivity contribution in [2.24, 2.45) is 0 Å². The summed E-state index contributed by atoms with van der Waals surface area (Å²) in [5.41, 5.74) is 0. The number of hydrogen-bond donors (Lipinski definition) is 3. The quantitative estimate of drug-likeness (QED) is 0.419. The SMILES string of the molecule is C1NC[C@H]2C[C@@H]1O2.O=C(O)C(=O)O. The van der Waals surface area contributed by atoms with E-state index in [4.69, 9.17) is 24.5 Å². The summed E-state index contributed by atoms with van der Waals surface area (Å²) in [6, 6.07) is 0. The Morgan fingerprint density at radius 1 is 1.15 bits per heavy atom. The molecule has 0 amide bonds. The smallest absolute Gasteiger partial charge is 0.414 e. The summed E-state index contributed by atoms with van der Waals surface area (Å²) in [4.78, 5) is 18.2. The van der Waals surface area contributed by atoms with Gasteiger partial charge in [0.25, 0.3) is 0 Å². The first-order chi connectivity index (χ1) is 6.09. The molecule has 0 aromatic rings. The van der Waals surface area contributed by atoms with E-state index in [-0.39, 0.29) is 0 Å². The molecule has 0 aliphatic carbocycles. The molecule has 0 aromatic carbocycles. The molecule has 74 valence electrons. The Balaban J connectivity index is 0.000000133. The zero-order valence-electron chi connectivity index (χ0n) is 6.90. The van der Waals surface area contributed by atoms with Crippen LogP contribution in [0.4, 0.5) is 0 Å². The molecule has 3 aliphatic heterocycles. The zero-order chi connectivity index (χ0) is 9.84. The van der Waals surface area contributed by atoms with Crippen LogP contribution in [-0.2, 0) is 14.3 Å². The average molecular weight is 189 g/mol. The van der Waals surface area contributed by atoms with Crippen LogP contribution in [0.2, 0.25) is 0 Å². The first-order valence-corrected chi connectivity index (χ1v) is 3.92. The van der Waals surface area contributed by atoms with E-state index < -0.39 is 11.9 Å². The molecule has 0 saturated carbocycles.